The first-order valence-corrected chi connectivity index (χ1v) is 6.91. The van der Waals surface area contributed by atoms with Crippen LogP contribution in [0.1, 0.15) is 18.4 Å². The van der Waals surface area contributed by atoms with Gasteiger partial charge in [-0.2, -0.15) is 0 Å². The van der Waals surface area contributed by atoms with E-state index >= 15 is 0 Å². The van der Waals surface area contributed by atoms with Crippen LogP contribution in [0.15, 0.2) is 42.6 Å². The highest BCUT2D eigenvalue weighted by molar-refractivity contribution is 5.47. The average molecular weight is 269 g/mol. The minimum Gasteiger partial charge on any atom is -0.366 e. The number of benzene rings is 1. The van der Waals surface area contributed by atoms with Crippen LogP contribution in [0.3, 0.4) is 0 Å². The molecule has 4 nitrogen and oxygen atoms in total. The number of rotatable bonds is 2. The Morgan fingerprint density at radius 1 is 1.20 bits per heavy atom. The van der Waals surface area contributed by atoms with Crippen LogP contribution < -0.4 is 4.90 Å². The summed E-state index contributed by atoms with van der Waals surface area (Å²) in [5.41, 5.74) is 1.79. The second-order valence-electron chi connectivity index (χ2n) is 5.33. The minimum absolute atomic E-state index is 0.387. The first-order valence-electron chi connectivity index (χ1n) is 6.91. The van der Waals surface area contributed by atoms with Crippen molar-refractivity contribution in [1.82, 2.24) is 9.97 Å². The van der Waals surface area contributed by atoms with Gasteiger partial charge in [0.15, 0.2) is 0 Å². The molecule has 3 rings (SSSR count). The monoisotopic (exact) mass is 269 g/mol. The lowest BCUT2D eigenvalue weighted by molar-refractivity contribution is -0.0497. The number of hydrogen-bond donors (Lipinski definition) is 0. The van der Waals surface area contributed by atoms with Crippen molar-refractivity contribution in [3.05, 3.63) is 54.1 Å². The SMILES string of the molecule is Cc1nccc([C@]2(C)CN(c3ccccc3)CCO2)n1. The smallest absolute Gasteiger partial charge is 0.125 e. The lowest BCUT2D eigenvalue weighted by Crippen LogP contribution is -2.48. The Balaban J connectivity index is 1.87. The summed E-state index contributed by atoms with van der Waals surface area (Å²) >= 11 is 0. The summed E-state index contributed by atoms with van der Waals surface area (Å²) in [5, 5.41) is 0. The number of ether oxygens (including phenoxy) is 1. The number of para-hydroxylation sites is 1. The zero-order valence-corrected chi connectivity index (χ0v) is 11.9. The topological polar surface area (TPSA) is 38.2 Å². The van der Waals surface area contributed by atoms with Crippen LogP contribution in [0.2, 0.25) is 0 Å². The van der Waals surface area contributed by atoms with Crippen LogP contribution in [0.4, 0.5) is 5.69 Å². The van der Waals surface area contributed by atoms with Crippen molar-refractivity contribution < 1.29 is 4.74 Å². The standard InChI is InChI=1S/C16H19N3O/c1-13-17-9-8-15(18-13)16(2)12-19(10-11-20-16)14-6-4-3-5-7-14/h3-9H,10-12H2,1-2H3/t16-/m0/s1. The summed E-state index contributed by atoms with van der Waals surface area (Å²) in [6.45, 7) is 6.42. The molecular formula is C16H19N3O. The van der Waals surface area contributed by atoms with Crippen LogP contribution in [0.5, 0.6) is 0 Å². The molecule has 2 heterocycles. The molecule has 1 aromatic carbocycles. The Labute approximate surface area is 119 Å². The molecule has 0 saturated carbocycles. The van der Waals surface area contributed by atoms with Gasteiger partial charge in [-0.05, 0) is 32.0 Å². The highest BCUT2D eigenvalue weighted by atomic mass is 16.5. The summed E-state index contributed by atoms with van der Waals surface area (Å²) in [6.07, 6.45) is 1.80. The summed E-state index contributed by atoms with van der Waals surface area (Å²) < 4.78 is 6.03. The first-order chi connectivity index (χ1) is 9.67. The zero-order valence-electron chi connectivity index (χ0n) is 11.9. The quantitative estimate of drug-likeness (QED) is 0.839. The fourth-order valence-corrected chi connectivity index (χ4v) is 2.63. The molecule has 0 unspecified atom stereocenters. The molecular weight excluding hydrogens is 250 g/mol. The predicted molar refractivity (Wildman–Crippen MR) is 78.7 cm³/mol. The lowest BCUT2D eigenvalue weighted by atomic mass is 9.99. The van der Waals surface area contributed by atoms with Crippen LogP contribution in [0, 0.1) is 6.92 Å². The van der Waals surface area contributed by atoms with Crippen LogP contribution >= 0.6 is 0 Å². The van der Waals surface area contributed by atoms with E-state index in [4.69, 9.17) is 4.74 Å². The van der Waals surface area contributed by atoms with Crippen molar-refractivity contribution in [2.45, 2.75) is 19.4 Å². The summed E-state index contributed by atoms with van der Waals surface area (Å²) in [5.74, 6) is 0.782. The van der Waals surface area contributed by atoms with E-state index in [9.17, 15) is 0 Å². The molecule has 4 heteroatoms. The molecule has 0 aliphatic carbocycles. The maximum atomic E-state index is 6.03. The van der Waals surface area contributed by atoms with E-state index in [0.717, 1.165) is 24.6 Å². The number of nitrogens with zero attached hydrogens (tertiary/aromatic N) is 3. The van der Waals surface area contributed by atoms with Gasteiger partial charge in [0.2, 0.25) is 0 Å². The van der Waals surface area contributed by atoms with Gasteiger partial charge < -0.3 is 9.64 Å². The number of aryl methyl sites for hydroxylation is 1. The van der Waals surface area contributed by atoms with Crippen molar-refractivity contribution in [2.75, 3.05) is 24.6 Å². The van der Waals surface area contributed by atoms with Gasteiger partial charge in [0, 0.05) is 18.4 Å². The Bertz CT molecular complexity index is 587. The fraction of sp³-hybridized carbons (Fsp3) is 0.375. The lowest BCUT2D eigenvalue weighted by Gasteiger charge is -2.41. The Morgan fingerprint density at radius 2 is 2.00 bits per heavy atom. The maximum absolute atomic E-state index is 6.03. The third-order valence-electron chi connectivity index (χ3n) is 3.71. The largest absolute Gasteiger partial charge is 0.366 e. The maximum Gasteiger partial charge on any atom is 0.125 e. The first kappa shape index (κ1) is 13.1. The summed E-state index contributed by atoms with van der Waals surface area (Å²) in [4.78, 5) is 11.0. The molecule has 1 fully saturated rings. The van der Waals surface area contributed by atoms with E-state index in [1.165, 1.54) is 5.69 Å². The van der Waals surface area contributed by atoms with Gasteiger partial charge in [-0.25, -0.2) is 9.97 Å². The number of morpholine rings is 1. The predicted octanol–water partition coefficient (Wildman–Crippen LogP) is 2.54. The number of hydrogen-bond acceptors (Lipinski definition) is 4. The van der Waals surface area contributed by atoms with Crippen LogP contribution in [0.25, 0.3) is 0 Å². The molecule has 1 atom stereocenters. The average Bonchev–Trinajstić information content (AvgIpc) is 2.48. The van der Waals surface area contributed by atoms with E-state index < -0.39 is 0 Å². The van der Waals surface area contributed by atoms with E-state index in [2.05, 4.69) is 46.1 Å². The zero-order chi connectivity index (χ0) is 14.0. The third-order valence-corrected chi connectivity index (χ3v) is 3.71. The Kier molecular flexibility index (Phi) is 3.40. The molecule has 0 amide bonds. The minimum atomic E-state index is -0.387. The molecule has 0 spiro atoms. The number of aromatic nitrogens is 2. The molecule has 0 bridgehead atoms. The van der Waals surface area contributed by atoms with Crippen LogP contribution in [-0.2, 0) is 10.3 Å². The van der Waals surface area contributed by atoms with E-state index in [0.29, 0.717) is 6.61 Å². The molecule has 1 aliphatic heterocycles. The van der Waals surface area contributed by atoms with Gasteiger partial charge in [0.1, 0.15) is 11.4 Å². The van der Waals surface area contributed by atoms with Crippen molar-refractivity contribution in [1.29, 1.82) is 0 Å². The Hall–Kier alpha value is -1.94. The van der Waals surface area contributed by atoms with Crippen LogP contribution in [-0.4, -0.2) is 29.7 Å². The number of anilines is 1. The molecule has 0 radical (unpaired) electrons. The molecule has 104 valence electrons. The van der Waals surface area contributed by atoms with E-state index in [-0.39, 0.29) is 5.60 Å². The molecule has 1 aromatic heterocycles. The van der Waals surface area contributed by atoms with E-state index in [1.807, 2.05) is 19.1 Å². The highest BCUT2D eigenvalue weighted by Gasteiger charge is 2.35. The van der Waals surface area contributed by atoms with Gasteiger partial charge in [-0.15, -0.1) is 0 Å². The fourth-order valence-electron chi connectivity index (χ4n) is 2.63. The van der Waals surface area contributed by atoms with Crippen molar-refractivity contribution in [3.63, 3.8) is 0 Å². The molecule has 1 saturated heterocycles. The highest BCUT2D eigenvalue weighted by Crippen LogP contribution is 2.30. The summed E-state index contributed by atoms with van der Waals surface area (Å²) in [6, 6.07) is 12.4. The van der Waals surface area contributed by atoms with Crippen molar-refractivity contribution >= 4 is 5.69 Å². The summed E-state index contributed by atoms with van der Waals surface area (Å²) in [7, 11) is 0. The van der Waals surface area contributed by atoms with Crippen molar-refractivity contribution in [2.24, 2.45) is 0 Å². The molecule has 1 aliphatic rings. The van der Waals surface area contributed by atoms with Gasteiger partial charge in [0.25, 0.3) is 0 Å². The third kappa shape index (κ3) is 2.51. The van der Waals surface area contributed by atoms with Crippen molar-refractivity contribution in [3.8, 4) is 0 Å². The van der Waals surface area contributed by atoms with Gasteiger partial charge in [0.05, 0.1) is 18.8 Å². The van der Waals surface area contributed by atoms with Gasteiger partial charge in [-0.3, -0.25) is 0 Å². The van der Waals surface area contributed by atoms with E-state index in [1.54, 1.807) is 6.20 Å². The van der Waals surface area contributed by atoms with Gasteiger partial charge >= 0.3 is 0 Å². The second kappa shape index (κ2) is 5.21. The molecule has 0 N–H and O–H groups in total. The molecule has 20 heavy (non-hydrogen) atoms. The Morgan fingerprint density at radius 3 is 2.75 bits per heavy atom. The second-order valence-corrected chi connectivity index (χ2v) is 5.33. The molecule has 2 aromatic rings. The van der Waals surface area contributed by atoms with Gasteiger partial charge in [-0.1, -0.05) is 18.2 Å². The normalized spacial score (nSPS) is 22.8.